The van der Waals surface area contributed by atoms with Crippen LogP contribution in [-0.2, 0) is 0 Å². The minimum Gasteiger partial charge on any atom is -0.0608 e. The smallest absolute Gasteiger partial charge is 0.0375 e. The van der Waals surface area contributed by atoms with Crippen molar-refractivity contribution in [3.63, 3.8) is 0 Å². The molecule has 0 radical (unpaired) electrons. The summed E-state index contributed by atoms with van der Waals surface area (Å²) in [6.07, 6.45) is 1.90. The van der Waals surface area contributed by atoms with Crippen LogP contribution in [0.4, 0.5) is 5.69 Å². The molecule has 0 spiro atoms. The molecule has 0 amide bonds. The van der Waals surface area contributed by atoms with Gasteiger partial charge in [-0.2, -0.15) is 0 Å². The Morgan fingerprint density at radius 1 is 1.33 bits per heavy atom. The van der Waals surface area contributed by atoms with Gasteiger partial charge in [0.05, 0.1) is 0 Å². The summed E-state index contributed by atoms with van der Waals surface area (Å²) in [5, 5.41) is 3.45. The summed E-state index contributed by atoms with van der Waals surface area (Å²) in [6, 6.07) is 7.29. The topological polar surface area (TPSA) is 48.8 Å². The van der Waals surface area contributed by atoms with Gasteiger partial charge in [-0.25, -0.2) is 0 Å². The molecule has 12 heavy (non-hydrogen) atoms. The Labute approximate surface area is 78.5 Å². The highest BCUT2D eigenvalue weighted by Crippen LogP contribution is 2.14. The molecule has 0 aromatic heterocycles. The Kier molecular flexibility index (Phi) is 3.38. The number of benzene rings is 1. The maximum atomic E-state index is 8.13. The Morgan fingerprint density at radius 2 is 2.00 bits per heavy atom. The molecule has 0 fully saturated rings. The van der Waals surface area contributed by atoms with Gasteiger partial charge in [-0.05, 0) is 22.2 Å². The fourth-order valence-electron chi connectivity index (χ4n) is 0.776. The van der Waals surface area contributed by atoms with Crippen LogP contribution in [0.3, 0.4) is 0 Å². The van der Waals surface area contributed by atoms with Crippen molar-refractivity contribution in [2.24, 2.45) is 5.11 Å². The second-order valence-electron chi connectivity index (χ2n) is 2.07. The average Bonchev–Trinajstić information content (AvgIpc) is 2.09. The number of hydrogen-bond acceptors (Lipinski definition) is 1. The van der Waals surface area contributed by atoms with E-state index >= 15 is 0 Å². The molecule has 0 saturated heterocycles. The normalized spacial score (nSPS) is 9.75. The molecule has 0 bridgehead atoms. The summed E-state index contributed by atoms with van der Waals surface area (Å²) < 4.78 is 0. The number of nitrogens with zero attached hydrogens (tertiary/aromatic N) is 3. The van der Waals surface area contributed by atoms with E-state index in [1.807, 2.05) is 18.2 Å². The summed E-state index contributed by atoms with van der Waals surface area (Å²) in [5.41, 5.74) is 9.82. The summed E-state index contributed by atoms with van der Waals surface area (Å²) in [6.45, 7) is 0. The number of azide groups is 1. The summed E-state index contributed by atoms with van der Waals surface area (Å²) in [7, 11) is 0. The Morgan fingerprint density at radius 3 is 2.50 bits per heavy atom. The van der Waals surface area contributed by atoms with Gasteiger partial charge in [0.1, 0.15) is 0 Å². The van der Waals surface area contributed by atoms with E-state index < -0.39 is 0 Å². The van der Waals surface area contributed by atoms with E-state index in [4.69, 9.17) is 5.53 Å². The highest BCUT2D eigenvalue weighted by Gasteiger charge is 1.87. The van der Waals surface area contributed by atoms with Crippen molar-refractivity contribution in [2.75, 3.05) is 0 Å². The minimum atomic E-state index is 0.629. The van der Waals surface area contributed by atoms with Crippen LogP contribution >= 0.6 is 15.9 Å². The lowest BCUT2D eigenvalue weighted by molar-refractivity contribution is 1.47. The molecule has 1 aromatic rings. The number of hydrogen-bond donors (Lipinski definition) is 0. The fraction of sp³-hybridized carbons (Fsp3) is 0. The van der Waals surface area contributed by atoms with Crippen molar-refractivity contribution in [1.29, 1.82) is 0 Å². The lowest BCUT2D eigenvalue weighted by Crippen LogP contribution is -1.67. The highest BCUT2D eigenvalue weighted by atomic mass is 79.9. The Bertz CT molecular complexity index is 323. The predicted octanol–water partition coefficient (Wildman–Crippen LogP) is 3.99. The molecule has 1 aromatic carbocycles. The number of rotatable bonds is 2. The minimum absolute atomic E-state index is 0.629. The monoisotopic (exact) mass is 223 g/mol. The van der Waals surface area contributed by atoms with Crippen LogP contribution in [0.15, 0.2) is 34.4 Å². The third-order valence-corrected chi connectivity index (χ3v) is 1.57. The van der Waals surface area contributed by atoms with E-state index in [1.165, 1.54) is 0 Å². The Balaban J connectivity index is 2.92. The zero-order valence-electron chi connectivity index (χ0n) is 6.18. The van der Waals surface area contributed by atoms with Gasteiger partial charge in [0.25, 0.3) is 0 Å². The molecule has 0 heterocycles. The summed E-state index contributed by atoms with van der Waals surface area (Å²) in [4.78, 5) is 4.45. The van der Waals surface area contributed by atoms with Crippen LogP contribution in [0, 0.1) is 0 Å². The van der Waals surface area contributed by atoms with Gasteiger partial charge >= 0.3 is 0 Å². The maximum absolute atomic E-state index is 8.13. The van der Waals surface area contributed by atoms with Gasteiger partial charge in [-0.1, -0.05) is 45.3 Å². The SMILES string of the molecule is [N-]=[N+]=Nc1ccc(/C=C/Br)cc1. The lowest BCUT2D eigenvalue weighted by atomic mass is 10.2. The van der Waals surface area contributed by atoms with E-state index in [1.54, 1.807) is 17.1 Å². The Hall–Kier alpha value is -1.25. The highest BCUT2D eigenvalue weighted by molar-refractivity contribution is 9.11. The molecule has 0 saturated carbocycles. The molecule has 1 rings (SSSR count). The molecular weight excluding hydrogens is 218 g/mol. The molecule has 4 heteroatoms. The van der Waals surface area contributed by atoms with Gasteiger partial charge in [-0.3, -0.25) is 0 Å². The van der Waals surface area contributed by atoms with E-state index in [0.29, 0.717) is 5.69 Å². The van der Waals surface area contributed by atoms with E-state index in [-0.39, 0.29) is 0 Å². The molecule has 0 aliphatic rings. The molecule has 60 valence electrons. The third-order valence-electron chi connectivity index (χ3n) is 1.31. The van der Waals surface area contributed by atoms with Gasteiger partial charge < -0.3 is 0 Å². The van der Waals surface area contributed by atoms with Crippen molar-refractivity contribution in [1.82, 2.24) is 0 Å². The molecule has 0 unspecified atom stereocenters. The third kappa shape index (κ3) is 2.42. The molecule has 0 N–H and O–H groups in total. The first-order valence-electron chi connectivity index (χ1n) is 3.29. The molecule has 0 aliphatic carbocycles. The second kappa shape index (κ2) is 4.59. The van der Waals surface area contributed by atoms with Crippen molar-refractivity contribution in [3.05, 3.63) is 45.3 Å². The molecule has 0 atom stereocenters. The van der Waals surface area contributed by atoms with Crippen LogP contribution in [0.5, 0.6) is 0 Å². The summed E-state index contributed by atoms with van der Waals surface area (Å²) in [5.74, 6) is 0. The fourth-order valence-corrected chi connectivity index (χ4v) is 1.08. The summed E-state index contributed by atoms with van der Waals surface area (Å²) >= 11 is 3.17. The standard InChI is InChI=1S/C8H6BrN3/c9-6-5-7-1-3-8(4-2-7)11-12-10/h1-6H/b6-5+. The van der Waals surface area contributed by atoms with Gasteiger partial charge in [-0.15, -0.1) is 0 Å². The molecule has 3 nitrogen and oxygen atoms in total. The van der Waals surface area contributed by atoms with Crippen LogP contribution < -0.4 is 0 Å². The van der Waals surface area contributed by atoms with Crippen molar-refractivity contribution < 1.29 is 0 Å². The van der Waals surface area contributed by atoms with Crippen molar-refractivity contribution >= 4 is 27.7 Å². The first-order chi connectivity index (χ1) is 5.86. The maximum Gasteiger partial charge on any atom is 0.0375 e. The van der Waals surface area contributed by atoms with E-state index in [0.717, 1.165) is 5.56 Å². The quantitative estimate of drug-likeness (QED) is 0.414. The van der Waals surface area contributed by atoms with Crippen LogP contribution in [0.2, 0.25) is 0 Å². The van der Waals surface area contributed by atoms with Gasteiger partial charge in [0.15, 0.2) is 0 Å². The zero-order chi connectivity index (χ0) is 8.81. The van der Waals surface area contributed by atoms with Crippen LogP contribution in [0.1, 0.15) is 5.56 Å². The van der Waals surface area contributed by atoms with Gasteiger partial charge in [0, 0.05) is 10.6 Å². The predicted molar refractivity (Wildman–Crippen MR) is 53.2 cm³/mol. The van der Waals surface area contributed by atoms with E-state index in [2.05, 4.69) is 26.0 Å². The lowest BCUT2D eigenvalue weighted by Gasteiger charge is -1.92. The molecule has 0 aliphatic heterocycles. The van der Waals surface area contributed by atoms with Gasteiger partial charge in [0.2, 0.25) is 0 Å². The second-order valence-corrected chi connectivity index (χ2v) is 2.60. The molecular formula is C8H6BrN3. The zero-order valence-corrected chi connectivity index (χ0v) is 7.77. The number of halogens is 1. The van der Waals surface area contributed by atoms with Crippen molar-refractivity contribution in [2.45, 2.75) is 0 Å². The first kappa shape index (κ1) is 8.84. The van der Waals surface area contributed by atoms with Crippen LogP contribution in [0.25, 0.3) is 16.5 Å². The first-order valence-corrected chi connectivity index (χ1v) is 4.20. The van der Waals surface area contributed by atoms with E-state index in [9.17, 15) is 0 Å². The van der Waals surface area contributed by atoms with Crippen molar-refractivity contribution in [3.8, 4) is 0 Å². The average molecular weight is 224 g/mol. The largest absolute Gasteiger partial charge is 0.0608 e. The van der Waals surface area contributed by atoms with Crippen LogP contribution in [-0.4, -0.2) is 0 Å².